The monoisotopic (exact) mass is 489 g/mol. The fourth-order valence-electron chi connectivity index (χ4n) is 3.34. The van der Waals surface area contributed by atoms with E-state index in [4.69, 9.17) is 16.6 Å². The van der Waals surface area contributed by atoms with Crippen LogP contribution in [-0.4, -0.2) is 93.4 Å². The Hall–Kier alpha value is -2.87. The lowest BCUT2D eigenvalue weighted by Crippen LogP contribution is -2.57. The van der Waals surface area contributed by atoms with Crippen LogP contribution in [0, 0.1) is 0 Å². The molecule has 1 heterocycles. The molecule has 0 saturated carbocycles. The number of nitrogens with zero attached hydrogens (tertiary/aromatic N) is 1. The minimum atomic E-state index is -1.53. The number of carbonyl (C=O) groups excluding carboxylic acids is 4. The number of rotatable bonds is 14. The summed E-state index contributed by atoms with van der Waals surface area (Å²) in [6.45, 7) is 0.228. The maximum absolute atomic E-state index is 13.0. The second kappa shape index (κ2) is 13.6. The summed E-state index contributed by atoms with van der Waals surface area (Å²) in [4.78, 5) is 72.8. The number of thioether (sulfide) groups is 1. The molecule has 0 radical (unpaired) electrons. The average molecular weight is 490 g/mol. The van der Waals surface area contributed by atoms with Gasteiger partial charge in [0.1, 0.15) is 18.1 Å². The van der Waals surface area contributed by atoms with Crippen molar-refractivity contribution in [1.82, 2.24) is 15.5 Å². The molecule has 4 atom stereocenters. The second-order valence-corrected chi connectivity index (χ2v) is 8.63. The predicted octanol–water partition coefficient (Wildman–Crippen LogP) is -2.15. The lowest BCUT2D eigenvalue weighted by atomic mass is 10.1. The Morgan fingerprint density at radius 1 is 1.06 bits per heavy atom. The molecule has 0 aromatic heterocycles. The van der Waals surface area contributed by atoms with Gasteiger partial charge in [-0.3, -0.25) is 24.0 Å². The van der Waals surface area contributed by atoms with Gasteiger partial charge in [-0.2, -0.15) is 11.8 Å². The number of hydrogen-bond acceptors (Lipinski definition) is 8. The summed E-state index contributed by atoms with van der Waals surface area (Å²) in [6.07, 6.45) is 1.74. The van der Waals surface area contributed by atoms with E-state index in [9.17, 15) is 33.9 Å². The predicted molar refractivity (Wildman–Crippen MR) is 118 cm³/mol. The molecule has 0 bridgehead atoms. The molecule has 0 spiro atoms. The van der Waals surface area contributed by atoms with Gasteiger partial charge in [0.25, 0.3) is 0 Å². The standard InChI is InChI=1S/C19H31N5O8S/c1-33-8-6-11(18(30)24-7-2-3-13(24)19(31)32)22-17(29)12(9-15(26)27)23-16(28)10(20)4-5-14(21)25/h10-13H,2-9,20H2,1H3,(H2,21,25)(H,22,29)(H,23,28)(H,26,27)(H,31,32). The van der Waals surface area contributed by atoms with Crippen LogP contribution in [0.5, 0.6) is 0 Å². The van der Waals surface area contributed by atoms with Crippen LogP contribution < -0.4 is 22.1 Å². The third-order valence-electron chi connectivity index (χ3n) is 5.10. The van der Waals surface area contributed by atoms with Crippen molar-refractivity contribution in [3.63, 3.8) is 0 Å². The highest BCUT2D eigenvalue weighted by Crippen LogP contribution is 2.19. The fraction of sp³-hybridized carbons (Fsp3) is 0.684. The molecule has 1 rings (SSSR count). The quantitative estimate of drug-likeness (QED) is 0.155. The van der Waals surface area contributed by atoms with Gasteiger partial charge in [-0.1, -0.05) is 0 Å². The molecular formula is C19H31N5O8S. The van der Waals surface area contributed by atoms with Crippen LogP contribution >= 0.6 is 11.8 Å². The van der Waals surface area contributed by atoms with E-state index in [1.807, 2.05) is 0 Å². The molecule has 186 valence electrons. The van der Waals surface area contributed by atoms with Gasteiger partial charge in [0.2, 0.25) is 23.6 Å². The summed E-state index contributed by atoms with van der Waals surface area (Å²) in [5, 5.41) is 23.2. The lowest BCUT2D eigenvalue weighted by molar-refractivity contribution is -0.149. The molecule has 8 N–H and O–H groups in total. The number of primary amides is 1. The average Bonchev–Trinajstić information content (AvgIpc) is 3.23. The zero-order valence-corrected chi connectivity index (χ0v) is 19.1. The number of likely N-dealkylation sites (tertiary alicyclic amines) is 1. The van der Waals surface area contributed by atoms with Crippen molar-refractivity contribution in [1.29, 1.82) is 0 Å². The van der Waals surface area contributed by atoms with E-state index in [0.29, 0.717) is 18.6 Å². The van der Waals surface area contributed by atoms with Crippen molar-refractivity contribution < 1.29 is 39.0 Å². The number of amides is 4. The molecule has 14 heteroatoms. The van der Waals surface area contributed by atoms with Crippen molar-refractivity contribution in [2.75, 3.05) is 18.6 Å². The highest BCUT2D eigenvalue weighted by atomic mass is 32.2. The van der Waals surface area contributed by atoms with E-state index in [0.717, 1.165) is 0 Å². The summed E-state index contributed by atoms with van der Waals surface area (Å²) in [7, 11) is 0. The number of carboxylic acids is 2. The number of hydrogen-bond donors (Lipinski definition) is 6. The minimum Gasteiger partial charge on any atom is -0.481 e. The Labute approximate surface area is 195 Å². The maximum atomic E-state index is 13.0. The topological polar surface area (TPSA) is 222 Å². The van der Waals surface area contributed by atoms with Gasteiger partial charge >= 0.3 is 11.9 Å². The van der Waals surface area contributed by atoms with E-state index in [1.165, 1.54) is 16.7 Å². The van der Waals surface area contributed by atoms with E-state index in [-0.39, 0.29) is 25.8 Å². The number of carboxylic acid groups (broad SMARTS) is 2. The van der Waals surface area contributed by atoms with Crippen molar-refractivity contribution >= 4 is 47.3 Å². The van der Waals surface area contributed by atoms with Crippen molar-refractivity contribution in [3.05, 3.63) is 0 Å². The van der Waals surface area contributed by atoms with Gasteiger partial charge < -0.3 is 37.2 Å². The zero-order chi connectivity index (χ0) is 25.1. The van der Waals surface area contributed by atoms with Gasteiger partial charge in [0.05, 0.1) is 12.5 Å². The molecule has 4 amide bonds. The Bertz CT molecular complexity index is 764. The van der Waals surface area contributed by atoms with E-state index >= 15 is 0 Å². The number of aliphatic carboxylic acids is 2. The molecule has 1 fully saturated rings. The maximum Gasteiger partial charge on any atom is 0.326 e. The molecule has 13 nitrogen and oxygen atoms in total. The van der Waals surface area contributed by atoms with Crippen LogP contribution in [0.1, 0.15) is 38.5 Å². The van der Waals surface area contributed by atoms with Gasteiger partial charge in [-0.25, -0.2) is 4.79 Å². The van der Waals surface area contributed by atoms with Crippen LogP contribution in [-0.2, 0) is 28.8 Å². The van der Waals surface area contributed by atoms with E-state index in [1.54, 1.807) is 6.26 Å². The Morgan fingerprint density at radius 2 is 1.70 bits per heavy atom. The Balaban J connectivity index is 2.95. The molecule has 1 aliphatic heterocycles. The summed E-state index contributed by atoms with van der Waals surface area (Å²) in [5.41, 5.74) is 10.7. The van der Waals surface area contributed by atoms with Crippen molar-refractivity contribution in [2.24, 2.45) is 11.5 Å². The molecular weight excluding hydrogens is 458 g/mol. The van der Waals surface area contributed by atoms with Crippen LogP contribution in [0.15, 0.2) is 0 Å². The van der Waals surface area contributed by atoms with E-state index < -0.39 is 66.2 Å². The second-order valence-electron chi connectivity index (χ2n) is 7.64. The van der Waals surface area contributed by atoms with Gasteiger partial charge in [0.15, 0.2) is 0 Å². The molecule has 0 aromatic rings. The van der Waals surface area contributed by atoms with Gasteiger partial charge in [-0.05, 0) is 37.7 Å². The number of nitrogens with one attached hydrogen (secondary N) is 2. The first kappa shape index (κ1) is 28.2. The third-order valence-corrected chi connectivity index (χ3v) is 5.74. The molecule has 1 aliphatic rings. The summed E-state index contributed by atoms with van der Waals surface area (Å²) < 4.78 is 0. The first-order valence-electron chi connectivity index (χ1n) is 10.4. The molecule has 0 aromatic carbocycles. The highest BCUT2D eigenvalue weighted by molar-refractivity contribution is 7.98. The van der Waals surface area contributed by atoms with Crippen LogP contribution in [0.3, 0.4) is 0 Å². The first-order chi connectivity index (χ1) is 15.5. The summed E-state index contributed by atoms with van der Waals surface area (Å²) in [5.74, 6) is -5.07. The normalized spacial score (nSPS) is 18.1. The van der Waals surface area contributed by atoms with Crippen LogP contribution in [0.2, 0.25) is 0 Å². The SMILES string of the molecule is CSCCC(NC(=O)C(CC(=O)O)NC(=O)C(N)CCC(N)=O)C(=O)N1CCCC1C(=O)O. The van der Waals surface area contributed by atoms with Gasteiger partial charge in [0, 0.05) is 13.0 Å². The highest BCUT2D eigenvalue weighted by Gasteiger charge is 2.38. The molecule has 0 aliphatic carbocycles. The molecule has 4 unspecified atom stereocenters. The molecule has 1 saturated heterocycles. The third kappa shape index (κ3) is 9.26. The van der Waals surface area contributed by atoms with Crippen LogP contribution in [0.4, 0.5) is 0 Å². The largest absolute Gasteiger partial charge is 0.481 e. The zero-order valence-electron chi connectivity index (χ0n) is 18.3. The summed E-state index contributed by atoms with van der Waals surface area (Å²) in [6, 6.07) is -4.82. The van der Waals surface area contributed by atoms with Crippen molar-refractivity contribution in [2.45, 2.75) is 62.7 Å². The Morgan fingerprint density at radius 3 is 2.24 bits per heavy atom. The lowest BCUT2D eigenvalue weighted by Gasteiger charge is -2.28. The van der Waals surface area contributed by atoms with Crippen LogP contribution in [0.25, 0.3) is 0 Å². The summed E-state index contributed by atoms with van der Waals surface area (Å²) >= 11 is 1.41. The van der Waals surface area contributed by atoms with Gasteiger partial charge in [-0.15, -0.1) is 0 Å². The van der Waals surface area contributed by atoms with Crippen molar-refractivity contribution in [3.8, 4) is 0 Å². The smallest absolute Gasteiger partial charge is 0.326 e. The Kier molecular flexibility index (Phi) is 11.6. The fourth-order valence-corrected chi connectivity index (χ4v) is 3.82. The molecule has 33 heavy (non-hydrogen) atoms. The first-order valence-corrected chi connectivity index (χ1v) is 11.8. The number of carbonyl (C=O) groups is 6. The minimum absolute atomic E-state index is 0.0943. The van der Waals surface area contributed by atoms with E-state index in [2.05, 4.69) is 10.6 Å². The number of nitrogens with two attached hydrogens (primary N) is 2.